The zero-order chi connectivity index (χ0) is 16.4. The SMILES string of the molecule is Br.CN1CCN(C(=O)C2CCN(c3c(N)cncc3F)CC2)CC1. The zero-order valence-electron chi connectivity index (χ0n) is 13.9. The molecular weight excluding hydrogens is 377 g/mol. The zero-order valence-corrected chi connectivity index (χ0v) is 15.7. The number of carbonyl (C=O) groups excluding carboxylic acids is 1. The fourth-order valence-corrected chi connectivity index (χ4v) is 3.41. The fraction of sp³-hybridized carbons (Fsp3) is 0.625. The van der Waals surface area contributed by atoms with Crippen molar-refractivity contribution < 1.29 is 9.18 Å². The van der Waals surface area contributed by atoms with Crippen LogP contribution >= 0.6 is 17.0 Å². The number of likely N-dealkylation sites (N-methyl/N-ethyl adjacent to an activating group) is 1. The first kappa shape index (κ1) is 18.9. The van der Waals surface area contributed by atoms with Crippen molar-refractivity contribution in [2.45, 2.75) is 12.8 Å². The summed E-state index contributed by atoms with van der Waals surface area (Å²) in [4.78, 5) is 22.5. The lowest BCUT2D eigenvalue weighted by atomic mass is 9.94. The molecule has 0 spiro atoms. The van der Waals surface area contributed by atoms with Gasteiger partial charge >= 0.3 is 0 Å². The van der Waals surface area contributed by atoms with Gasteiger partial charge in [-0.25, -0.2) is 4.39 Å². The van der Waals surface area contributed by atoms with Crippen LogP contribution in [-0.4, -0.2) is 67.0 Å². The van der Waals surface area contributed by atoms with Gasteiger partial charge in [0.25, 0.3) is 0 Å². The van der Waals surface area contributed by atoms with Crippen LogP contribution in [0, 0.1) is 11.7 Å². The molecule has 8 heteroatoms. The van der Waals surface area contributed by atoms with Crippen molar-refractivity contribution in [3.8, 4) is 0 Å². The van der Waals surface area contributed by atoms with Crippen LogP contribution < -0.4 is 10.6 Å². The van der Waals surface area contributed by atoms with Crippen LogP contribution in [0.3, 0.4) is 0 Å². The Balaban J connectivity index is 0.00000208. The second-order valence-electron chi connectivity index (χ2n) is 6.45. The van der Waals surface area contributed by atoms with Crippen LogP contribution in [0.1, 0.15) is 12.8 Å². The molecule has 2 aliphatic heterocycles. The highest BCUT2D eigenvalue weighted by Gasteiger charge is 2.31. The molecule has 2 N–H and O–H groups in total. The Morgan fingerprint density at radius 3 is 2.38 bits per heavy atom. The molecule has 0 atom stereocenters. The van der Waals surface area contributed by atoms with E-state index in [1.807, 2.05) is 9.80 Å². The van der Waals surface area contributed by atoms with Gasteiger partial charge in [-0.3, -0.25) is 9.78 Å². The molecule has 24 heavy (non-hydrogen) atoms. The van der Waals surface area contributed by atoms with Crippen molar-refractivity contribution in [1.82, 2.24) is 14.8 Å². The number of carbonyl (C=O) groups is 1. The van der Waals surface area contributed by atoms with Gasteiger partial charge in [0.1, 0.15) is 0 Å². The van der Waals surface area contributed by atoms with E-state index < -0.39 is 5.82 Å². The van der Waals surface area contributed by atoms with E-state index in [9.17, 15) is 9.18 Å². The standard InChI is InChI=1S/C16H24FN5O.BrH/c1-20-6-8-22(9-7-20)16(23)12-2-4-21(5-3-12)15-13(17)10-19-11-14(15)18;/h10-12H,2-9,18H2,1H3;1H. The number of anilines is 2. The second kappa shape index (κ2) is 8.11. The number of hydrogen-bond donors (Lipinski definition) is 1. The molecule has 1 amide bonds. The molecule has 2 fully saturated rings. The second-order valence-corrected chi connectivity index (χ2v) is 6.45. The van der Waals surface area contributed by atoms with E-state index in [4.69, 9.17) is 5.73 Å². The molecule has 3 rings (SSSR count). The summed E-state index contributed by atoms with van der Waals surface area (Å²) < 4.78 is 14.0. The maximum Gasteiger partial charge on any atom is 0.225 e. The number of nitrogens with zero attached hydrogens (tertiary/aromatic N) is 4. The van der Waals surface area contributed by atoms with Gasteiger partial charge in [-0.2, -0.15) is 0 Å². The third-order valence-electron chi connectivity index (χ3n) is 4.88. The average Bonchev–Trinajstić information content (AvgIpc) is 2.55. The number of aromatic nitrogens is 1. The van der Waals surface area contributed by atoms with E-state index in [-0.39, 0.29) is 28.8 Å². The maximum absolute atomic E-state index is 14.0. The number of halogens is 2. The van der Waals surface area contributed by atoms with Crippen molar-refractivity contribution in [1.29, 1.82) is 0 Å². The lowest BCUT2D eigenvalue weighted by molar-refractivity contribution is -0.137. The molecule has 1 aromatic heterocycles. The van der Waals surface area contributed by atoms with E-state index in [1.54, 1.807) is 0 Å². The number of piperidine rings is 1. The minimum Gasteiger partial charge on any atom is -0.396 e. The summed E-state index contributed by atoms with van der Waals surface area (Å²) in [6.07, 6.45) is 4.14. The summed E-state index contributed by atoms with van der Waals surface area (Å²) in [6, 6.07) is 0. The van der Waals surface area contributed by atoms with E-state index in [1.165, 1.54) is 12.4 Å². The molecule has 0 aromatic carbocycles. The van der Waals surface area contributed by atoms with Crippen molar-refractivity contribution in [2.24, 2.45) is 5.92 Å². The summed E-state index contributed by atoms with van der Waals surface area (Å²) in [5.41, 5.74) is 6.63. The van der Waals surface area contributed by atoms with Crippen LogP contribution in [0.5, 0.6) is 0 Å². The minimum atomic E-state index is -0.395. The predicted molar refractivity (Wildman–Crippen MR) is 97.9 cm³/mol. The topological polar surface area (TPSA) is 65.7 Å². The van der Waals surface area contributed by atoms with Crippen molar-refractivity contribution in [3.63, 3.8) is 0 Å². The van der Waals surface area contributed by atoms with E-state index in [0.29, 0.717) is 24.5 Å². The molecule has 0 radical (unpaired) electrons. The van der Waals surface area contributed by atoms with Gasteiger partial charge in [0.2, 0.25) is 5.91 Å². The van der Waals surface area contributed by atoms with Crippen LogP contribution in [0.4, 0.5) is 15.8 Å². The van der Waals surface area contributed by atoms with Crippen LogP contribution in [-0.2, 0) is 4.79 Å². The number of piperazine rings is 1. The normalized spacial score (nSPS) is 19.9. The monoisotopic (exact) mass is 401 g/mol. The van der Waals surface area contributed by atoms with Crippen LogP contribution in [0.15, 0.2) is 12.4 Å². The summed E-state index contributed by atoms with van der Waals surface area (Å²) in [5, 5.41) is 0. The highest BCUT2D eigenvalue weighted by Crippen LogP contribution is 2.30. The molecule has 0 unspecified atom stereocenters. The molecule has 2 saturated heterocycles. The Morgan fingerprint density at radius 1 is 1.17 bits per heavy atom. The Hall–Kier alpha value is -1.41. The first-order valence-corrected chi connectivity index (χ1v) is 8.17. The molecule has 0 saturated carbocycles. The van der Waals surface area contributed by atoms with Gasteiger partial charge in [0, 0.05) is 45.2 Å². The van der Waals surface area contributed by atoms with Crippen molar-refractivity contribution in [3.05, 3.63) is 18.2 Å². The molecule has 0 bridgehead atoms. The average molecular weight is 402 g/mol. The van der Waals surface area contributed by atoms with E-state index >= 15 is 0 Å². The molecule has 0 aliphatic carbocycles. The lowest BCUT2D eigenvalue weighted by Gasteiger charge is -2.38. The molecule has 134 valence electrons. The third kappa shape index (κ3) is 3.97. The first-order valence-electron chi connectivity index (χ1n) is 8.17. The minimum absolute atomic E-state index is 0. The van der Waals surface area contributed by atoms with Crippen LogP contribution in [0.25, 0.3) is 0 Å². The Labute approximate surface area is 152 Å². The number of hydrogen-bond acceptors (Lipinski definition) is 5. The molecular formula is C16H25BrFN5O. The summed E-state index contributed by atoms with van der Waals surface area (Å²) >= 11 is 0. The summed E-state index contributed by atoms with van der Waals surface area (Å²) in [6.45, 7) is 4.78. The Bertz CT molecular complexity index is 551. The third-order valence-corrected chi connectivity index (χ3v) is 4.88. The van der Waals surface area contributed by atoms with E-state index in [0.717, 1.165) is 39.0 Å². The van der Waals surface area contributed by atoms with Gasteiger partial charge in [0.15, 0.2) is 5.82 Å². The number of rotatable bonds is 2. The smallest absolute Gasteiger partial charge is 0.225 e. The fourth-order valence-electron chi connectivity index (χ4n) is 3.41. The first-order chi connectivity index (χ1) is 11.1. The number of nitrogen functional groups attached to an aromatic ring is 1. The highest BCUT2D eigenvalue weighted by molar-refractivity contribution is 8.93. The van der Waals surface area contributed by atoms with Gasteiger partial charge < -0.3 is 20.4 Å². The number of nitrogens with two attached hydrogens (primary N) is 1. The molecule has 1 aromatic rings. The molecule has 3 heterocycles. The summed E-state index contributed by atoms with van der Waals surface area (Å²) in [5.74, 6) is -0.101. The van der Waals surface area contributed by atoms with Gasteiger partial charge in [0.05, 0.1) is 23.8 Å². The Morgan fingerprint density at radius 2 is 1.79 bits per heavy atom. The lowest BCUT2D eigenvalue weighted by Crippen LogP contribution is -2.50. The van der Waals surface area contributed by atoms with Gasteiger partial charge in [-0.15, -0.1) is 17.0 Å². The van der Waals surface area contributed by atoms with Crippen molar-refractivity contribution in [2.75, 3.05) is 56.9 Å². The quantitative estimate of drug-likeness (QED) is 0.810. The van der Waals surface area contributed by atoms with E-state index in [2.05, 4.69) is 16.9 Å². The highest BCUT2D eigenvalue weighted by atomic mass is 79.9. The largest absolute Gasteiger partial charge is 0.396 e. The molecule has 2 aliphatic rings. The van der Waals surface area contributed by atoms with Gasteiger partial charge in [-0.05, 0) is 19.9 Å². The Kier molecular flexibility index (Phi) is 6.40. The maximum atomic E-state index is 14.0. The van der Waals surface area contributed by atoms with Gasteiger partial charge in [-0.1, -0.05) is 0 Å². The number of amides is 1. The summed E-state index contributed by atoms with van der Waals surface area (Å²) in [7, 11) is 2.08. The molecule has 6 nitrogen and oxygen atoms in total. The number of pyridine rings is 1. The van der Waals surface area contributed by atoms with Crippen molar-refractivity contribution >= 4 is 34.3 Å². The predicted octanol–water partition coefficient (Wildman–Crippen LogP) is 1.37. The van der Waals surface area contributed by atoms with Crippen LogP contribution in [0.2, 0.25) is 0 Å².